The molecule has 0 N–H and O–H groups in total. The second-order valence-corrected chi connectivity index (χ2v) is 6.82. The highest BCUT2D eigenvalue weighted by atomic mass is 15.2. The van der Waals surface area contributed by atoms with E-state index in [4.69, 9.17) is 0 Å². The van der Waals surface area contributed by atoms with Gasteiger partial charge in [0.2, 0.25) is 0 Å². The summed E-state index contributed by atoms with van der Waals surface area (Å²) in [7, 11) is 0. The normalized spacial score (nSPS) is 30.7. The summed E-state index contributed by atoms with van der Waals surface area (Å²) in [6.45, 7) is 12.0. The van der Waals surface area contributed by atoms with Crippen LogP contribution < -0.4 is 0 Å². The Bertz CT molecular complexity index is 332. The molecule has 0 aromatic rings. The summed E-state index contributed by atoms with van der Waals surface area (Å²) < 4.78 is 0. The lowest BCUT2D eigenvalue weighted by Crippen LogP contribution is -2.30. The smallest absolute Gasteiger partial charge is 0.0250 e. The molecule has 2 rings (SSSR count). The van der Waals surface area contributed by atoms with Crippen LogP contribution in [0.15, 0.2) is 23.8 Å². The predicted molar refractivity (Wildman–Crippen MR) is 79.7 cm³/mol. The van der Waals surface area contributed by atoms with Crippen molar-refractivity contribution in [2.75, 3.05) is 13.1 Å². The van der Waals surface area contributed by atoms with Gasteiger partial charge in [0.05, 0.1) is 0 Å². The third-order valence-corrected chi connectivity index (χ3v) is 4.89. The minimum absolute atomic E-state index is 0.431. The SMILES string of the molecule is CC1=CCCC(C)(C)C1/C=C/C(C)N1CCCC1. The summed E-state index contributed by atoms with van der Waals surface area (Å²) in [5.41, 5.74) is 2.00. The fourth-order valence-corrected chi connectivity index (χ4v) is 3.53. The van der Waals surface area contributed by atoms with Crippen LogP contribution in [0.4, 0.5) is 0 Å². The van der Waals surface area contributed by atoms with Gasteiger partial charge >= 0.3 is 0 Å². The van der Waals surface area contributed by atoms with Gasteiger partial charge in [-0.2, -0.15) is 0 Å². The Hall–Kier alpha value is -0.560. The Morgan fingerprint density at radius 1 is 1.33 bits per heavy atom. The van der Waals surface area contributed by atoms with Crippen LogP contribution in [0.1, 0.15) is 53.4 Å². The number of rotatable bonds is 3. The van der Waals surface area contributed by atoms with Gasteiger partial charge in [-0.25, -0.2) is 0 Å². The van der Waals surface area contributed by atoms with E-state index in [0.717, 1.165) is 0 Å². The van der Waals surface area contributed by atoms with Crippen molar-refractivity contribution in [3.8, 4) is 0 Å². The topological polar surface area (TPSA) is 3.24 Å². The molecule has 2 aliphatic rings. The standard InChI is InChI=1S/C17H29N/c1-14-8-7-11-17(3,4)16(14)10-9-15(2)18-12-5-6-13-18/h8-10,15-16H,5-7,11-13H2,1-4H3/b10-9+. The maximum atomic E-state index is 2.60. The molecule has 0 amide bonds. The molecule has 1 nitrogen and oxygen atoms in total. The molecule has 2 unspecified atom stereocenters. The molecular formula is C17H29N. The lowest BCUT2D eigenvalue weighted by atomic mass is 9.68. The van der Waals surface area contributed by atoms with Gasteiger partial charge in [-0.15, -0.1) is 0 Å². The minimum atomic E-state index is 0.431. The molecule has 1 aliphatic carbocycles. The first-order valence-corrected chi connectivity index (χ1v) is 7.60. The summed E-state index contributed by atoms with van der Waals surface area (Å²) in [6.07, 6.45) is 12.7. The number of nitrogens with zero attached hydrogens (tertiary/aromatic N) is 1. The number of likely N-dealkylation sites (tertiary alicyclic amines) is 1. The Labute approximate surface area is 113 Å². The summed E-state index contributed by atoms with van der Waals surface area (Å²) in [5.74, 6) is 0.635. The van der Waals surface area contributed by atoms with Crippen molar-refractivity contribution < 1.29 is 0 Å². The Balaban J connectivity index is 2.02. The molecule has 102 valence electrons. The van der Waals surface area contributed by atoms with Crippen LogP contribution in [-0.4, -0.2) is 24.0 Å². The highest BCUT2D eigenvalue weighted by Crippen LogP contribution is 2.41. The number of hydrogen-bond acceptors (Lipinski definition) is 1. The van der Waals surface area contributed by atoms with Crippen LogP contribution in [0.25, 0.3) is 0 Å². The van der Waals surface area contributed by atoms with Gasteiger partial charge < -0.3 is 0 Å². The second kappa shape index (κ2) is 5.61. The van der Waals surface area contributed by atoms with Crippen molar-refractivity contribution in [2.24, 2.45) is 11.3 Å². The fraction of sp³-hybridized carbons (Fsp3) is 0.765. The van der Waals surface area contributed by atoms with Crippen molar-refractivity contribution in [3.63, 3.8) is 0 Å². The van der Waals surface area contributed by atoms with Gasteiger partial charge in [-0.1, -0.05) is 37.6 Å². The molecule has 1 heteroatoms. The van der Waals surface area contributed by atoms with Crippen LogP contribution >= 0.6 is 0 Å². The Morgan fingerprint density at radius 2 is 2.00 bits per heavy atom. The van der Waals surface area contributed by atoms with Crippen LogP contribution in [0.3, 0.4) is 0 Å². The first-order chi connectivity index (χ1) is 8.50. The summed E-state index contributed by atoms with van der Waals surface area (Å²) in [6, 6.07) is 0.609. The van der Waals surface area contributed by atoms with E-state index in [-0.39, 0.29) is 0 Å². The van der Waals surface area contributed by atoms with Crippen LogP contribution in [0.2, 0.25) is 0 Å². The second-order valence-electron chi connectivity index (χ2n) is 6.82. The molecule has 0 radical (unpaired) electrons. The molecular weight excluding hydrogens is 218 g/mol. The first kappa shape index (κ1) is 13.9. The van der Waals surface area contributed by atoms with Crippen LogP contribution in [-0.2, 0) is 0 Å². The first-order valence-electron chi connectivity index (χ1n) is 7.60. The summed E-state index contributed by atoms with van der Waals surface area (Å²) >= 11 is 0. The maximum Gasteiger partial charge on any atom is 0.0250 e. The molecule has 1 heterocycles. The summed E-state index contributed by atoms with van der Waals surface area (Å²) in [4.78, 5) is 2.60. The quantitative estimate of drug-likeness (QED) is 0.668. The van der Waals surface area contributed by atoms with Gasteiger partial charge in [0.15, 0.2) is 0 Å². The van der Waals surface area contributed by atoms with Gasteiger partial charge in [-0.05, 0) is 58.0 Å². The van der Waals surface area contributed by atoms with E-state index >= 15 is 0 Å². The minimum Gasteiger partial charge on any atom is -0.297 e. The molecule has 1 fully saturated rings. The van der Waals surface area contributed by atoms with E-state index in [1.165, 1.54) is 38.8 Å². The third-order valence-electron chi connectivity index (χ3n) is 4.89. The number of hydrogen-bond donors (Lipinski definition) is 0. The molecule has 1 aliphatic heterocycles. The zero-order valence-corrected chi connectivity index (χ0v) is 12.6. The summed E-state index contributed by atoms with van der Waals surface area (Å²) in [5, 5.41) is 0. The predicted octanol–water partition coefficient (Wildman–Crippen LogP) is 4.41. The Morgan fingerprint density at radius 3 is 2.61 bits per heavy atom. The zero-order valence-electron chi connectivity index (χ0n) is 12.6. The van der Waals surface area contributed by atoms with E-state index in [2.05, 4.69) is 50.8 Å². The molecule has 0 spiro atoms. The highest BCUT2D eigenvalue weighted by Gasteiger charge is 2.31. The largest absolute Gasteiger partial charge is 0.297 e. The number of allylic oxidation sites excluding steroid dienone is 3. The van der Waals surface area contributed by atoms with E-state index in [9.17, 15) is 0 Å². The lowest BCUT2D eigenvalue weighted by Gasteiger charge is -2.37. The molecule has 0 aromatic heterocycles. The molecule has 0 saturated carbocycles. The lowest BCUT2D eigenvalue weighted by molar-refractivity contribution is 0.252. The van der Waals surface area contributed by atoms with Crippen molar-refractivity contribution >= 4 is 0 Å². The highest BCUT2D eigenvalue weighted by molar-refractivity contribution is 5.19. The van der Waals surface area contributed by atoms with E-state index in [0.29, 0.717) is 17.4 Å². The third kappa shape index (κ3) is 3.06. The average Bonchev–Trinajstić information content (AvgIpc) is 2.80. The van der Waals surface area contributed by atoms with Crippen LogP contribution in [0.5, 0.6) is 0 Å². The molecule has 1 saturated heterocycles. The van der Waals surface area contributed by atoms with E-state index in [1.54, 1.807) is 5.57 Å². The van der Waals surface area contributed by atoms with Crippen LogP contribution in [0, 0.1) is 11.3 Å². The van der Waals surface area contributed by atoms with Gasteiger partial charge in [0.25, 0.3) is 0 Å². The van der Waals surface area contributed by atoms with Gasteiger partial charge in [0, 0.05) is 12.0 Å². The monoisotopic (exact) mass is 247 g/mol. The van der Waals surface area contributed by atoms with Crippen molar-refractivity contribution in [2.45, 2.75) is 59.4 Å². The van der Waals surface area contributed by atoms with E-state index < -0.39 is 0 Å². The molecule has 18 heavy (non-hydrogen) atoms. The molecule has 2 atom stereocenters. The van der Waals surface area contributed by atoms with Crippen molar-refractivity contribution in [1.82, 2.24) is 4.90 Å². The van der Waals surface area contributed by atoms with Crippen molar-refractivity contribution in [3.05, 3.63) is 23.8 Å². The maximum absolute atomic E-state index is 2.60. The molecule has 0 aromatic carbocycles. The molecule has 0 bridgehead atoms. The fourth-order valence-electron chi connectivity index (χ4n) is 3.53. The Kier molecular flexibility index (Phi) is 4.32. The van der Waals surface area contributed by atoms with Gasteiger partial charge in [0.1, 0.15) is 0 Å². The van der Waals surface area contributed by atoms with E-state index in [1.807, 2.05) is 0 Å². The van der Waals surface area contributed by atoms with Gasteiger partial charge in [-0.3, -0.25) is 4.90 Å². The average molecular weight is 247 g/mol. The van der Waals surface area contributed by atoms with Crippen molar-refractivity contribution in [1.29, 1.82) is 0 Å². The zero-order chi connectivity index (χ0) is 13.2.